The van der Waals surface area contributed by atoms with Crippen LogP contribution in [0.15, 0.2) is 54.1 Å². The average molecular weight is 391 g/mol. The van der Waals surface area contributed by atoms with Gasteiger partial charge in [0.25, 0.3) is 5.91 Å². The Hall–Kier alpha value is -2.63. The molecule has 0 aliphatic heterocycles. The maximum atomic E-state index is 12.2. The molecule has 0 unspecified atom stereocenters. The molecule has 134 valence electrons. The number of hydrogen-bond acceptors (Lipinski definition) is 3. The highest BCUT2D eigenvalue weighted by molar-refractivity contribution is 6.35. The van der Waals surface area contributed by atoms with E-state index >= 15 is 0 Å². The van der Waals surface area contributed by atoms with Crippen molar-refractivity contribution in [3.05, 3.63) is 69.7 Å². The molecule has 0 fully saturated rings. The minimum absolute atomic E-state index is 0.0599. The fourth-order valence-electron chi connectivity index (χ4n) is 2.04. The molecule has 7 heteroatoms. The number of carbonyl (C=O) groups excluding carboxylic acids is 3. The maximum absolute atomic E-state index is 12.2. The van der Waals surface area contributed by atoms with E-state index in [2.05, 4.69) is 10.6 Å². The first-order chi connectivity index (χ1) is 12.3. The lowest BCUT2D eigenvalue weighted by molar-refractivity contribution is -0.114. The monoisotopic (exact) mass is 390 g/mol. The molecule has 0 spiro atoms. The first-order valence-corrected chi connectivity index (χ1v) is 8.38. The summed E-state index contributed by atoms with van der Waals surface area (Å²) in [5.74, 6) is -1.00. The number of Topliss-reactive ketones (excluding diaryl/α,β-unsaturated/α-hetero) is 1. The van der Waals surface area contributed by atoms with Crippen LogP contribution in [0, 0.1) is 0 Å². The Balaban J connectivity index is 2.03. The summed E-state index contributed by atoms with van der Waals surface area (Å²) in [7, 11) is 0. The maximum Gasteiger partial charge on any atom is 0.251 e. The van der Waals surface area contributed by atoms with Crippen molar-refractivity contribution in [3.8, 4) is 0 Å². The second-order valence-corrected chi connectivity index (χ2v) is 6.37. The van der Waals surface area contributed by atoms with Crippen LogP contribution in [0.5, 0.6) is 0 Å². The van der Waals surface area contributed by atoms with Crippen molar-refractivity contribution >= 4 is 52.2 Å². The first-order valence-electron chi connectivity index (χ1n) is 7.63. The minimum atomic E-state index is -0.506. The molecular formula is C19H16Cl2N2O3. The van der Waals surface area contributed by atoms with Gasteiger partial charge in [0.2, 0.25) is 5.91 Å². The molecule has 2 N–H and O–H groups in total. The molecule has 0 aliphatic carbocycles. The van der Waals surface area contributed by atoms with Gasteiger partial charge in [0.1, 0.15) is 0 Å². The van der Waals surface area contributed by atoms with E-state index in [1.54, 1.807) is 36.4 Å². The number of halogens is 2. The number of anilines is 2. The van der Waals surface area contributed by atoms with E-state index in [0.29, 0.717) is 27.0 Å². The predicted octanol–water partition coefficient (Wildman–Crippen LogP) is 4.72. The molecule has 0 saturated heterocycles. The zero-order valence-corrected chi connectivity index (χ0v) is 15.6. The molecule has 0 saturated carbocycles. The number of carbonyl (C=O) groups is 3. The second-order valence-electron chi connectivity index (χ2n) is 5.53. The van der Waals surface area contributed by atoms with Crippen LogP contribution >= 0.6 is 23.2 Å². The highest BCUT2D eigenvalue weighted by Crippen LogP contribution is 2.25. The number of hydrogen-bond donors (Lipinski definition) is 2. The normalized spacial score (nSPS) is 11.0. The van der Waals surface area contributed by atoms with Crippen LogP contribution in [0.2, 0.25) is 10.0 Å². The lowest BCUT2D eigenvalue weighted by atomic mass is 10.1. The summed E-state index contributed by atoms with van der Waals surface area (Å²) in [6, 6.07) is 11.2. The van der Waals surface area contributed by atoms with E-state index in [1.165, 1.54) is 19.9 Å². The summed E-state index contributed by atoms with van der Waals surface area (Å²) in [6.07, 6.45) is 1.16. The van der Waals surface area contributed by atoms with Crippen molar-refractivity contribution in [2.24, 2.45) is 0 Å². The summed E-state index contributed by atoms with van der Waals surface area (Å²) < 4.78 is 0. The van der Waals surface area contributed by atoms with Crippen LogP contribution in [0.4, 0.5) is 11.4 Å². The summed E-state index contributed by atoms with van der Waals surface area (Å²) in [5.41, 5.74) is 1.63. The van der Waals surface area contributed by atoms with Crippen molar-refractivity contribution in [2.75, 3.05) is 10.6 Å². The van der Waals surface area contributed by atoms with E-state index in [4.69, 9.17) is 23.2 Å². The van der Waals surface area contributed by atoms with Gasteiger partial charge in [0.05, 0.1) is 10.7 Å². The molecule has 5 nitrogen and oxygen atoms in total. The Morgan fingerprint density at radius 3 is 2.19 bits per heavy atom. The Labute approximate surface area is 161 Å². The molecule has 0 bridgehead atoms. The predicted molar refractivity (Wildman–Crippen MR) is 104 cm³/mol. The van der Waals surface area contributed by atoms with Gasteiger partial charge < -0.3 is 10.6 Å². The van der Waals surface area contributed by atoms with Crippen LogP contribution in [-0.2, 0) is 9.59 Å². The summed E-state index contributed by atoms with van der Waals surface area (Å²) >= 11 is 11.9. The van der Waals surface area contributed by atoms with Gasteiger partial charge in [0, 0.05) is 27.9 Å². The Bertz CT molecular complexity index is 890. The molecule has 0 atom stereocenters. The van der Waals surface area contributed by atoms with Crippen molar-refractivity contribution in [3.63, 3.8) is 0 Å². The fourth-order valence-corrected chi connectivity index (χ4v) is 2.38. The van der Waals surface area contributed by atoms with E-state index < -0.39 is 11.8 Å². The van der Waals surface area contributed by atoms with Gasteiger partial charge >= 0.3 is 0 Å². The van der Waals surface area contributed by atoms with Gasteiger partial charge in [-0.25, -0.2) is 0 Å². The minimum Gasteiger partial charge on any atom is -0.322 e. The second kappa shape index (κ2) is 8.65. The largest absolute Gasteiger partial charge is 0.322 e. The van der Waals surface area contributed by atoms with Crippen molar-refractivity contribution in [1.29, 1.82) is 0 Å². The SMILES string of the molecule is CC(=O)c1ccc(NC(=O)/C(C)=C\C(=O)Nc2cc(Cl)ccc2Cl)cc1. The van der Waals surface area contributed by atoms with Crippen molar-refractivity contribution in [1.82, 2.24) is 0 Å². The van der Waals surface area contributed by atoms with Crippen LogP contribution in [0.1, 0.15) is 24.2 Å². The standard InChI is InChI=1S/C19H16Cl2N2O3/c1-11(9-18(25)23-17-10-14(20)5-8-16(17)21)19(26)22-15-6-3-13(4-7-15)12(2)24/h3-10H,1-2H3,(H,22,26)(H,23,25)/b11-9-. The third-order valence-electron chi connectivity index (χ3n) is 3.44. The van der Waals surface area contributed by atoms with Gasteiger partial charge in [-0.15, -0.1) is 0 Å². The number of amides is 2. The van der Waals surface area contributed by atoms with E-state index in [0.717, 1.165) is 6.08 Å². The average Bonchev–Trinajstić information content (AvgIpc) is 2.58. The zero-order valence-electron chi connectivity index (χ0n) is 14.1. The summed E-state index contributed by atoms with van der Waals surface area (Å²) in [5, 5.41) is 5.99. The van der Waals surface area contributed by atoms with Crippen LogP contribution in [0.25, 0.3) is 0 Å². The lowest BCUT2D eigenvalue weighted by Gasteiger charge is -2.08. The van der Waals surface area contributed by atoms with E-state index in [1.807, 2.05) is 0 Å². The zero-order chi connectivity index (χ0) is 19.3. The molecule has 2 amide bonds. The molecule has 0 aliphatic rings. The van der Waals surface area contributed by atoms with Crippen molar-refractivity contribution in [2.45, 2.75) is 13.8 Å². The highest BCUT2D eigenvalue weighted by Gasteiger charge is 2.10. The van der Waals surface area contributed by atoms with Crippen LogP contribution in [-0.4, -0.2) is 17.6 Å². The molecule has 0 radical (unpaired) electrons. The van der Waals surface area contributed by atoms with Gasteiger partial charge in [-0.2, -0.15) is 0 Å². The number of rotatable bonds is 5. The van der Waals surface area contributed by atoms with E-state index in [-0.39, 0.29) is 11.4 Å². The molecule has 2 aromatic carbocycles. The van der Waals surface area contributed by atoms with Gasteiger partial charge in [-0.3, -0.25) is 14.4 Å². The molecule has 0 aromatic heterocycles. The Morgan fingerprint density at radius 1 is 0.923 bits per heavy atom. The fraction of sp³-hybridized carbons (Fsp3) is 0.105. The highest BCUT2D eigenvalue weighted by atomic mass is 35.5. The third kappa shape index (κ3) is 5.44. The smallest absolute Gasteiger partial charge is 0.251 e. The van der Waals surface area contributed by atoms with Gasteiger partial charge in [-0.1, -0.05) is 23.2 Å². The number of benzene rings is 2. The van der Waals surface area contributed by atoms with Crippen LogP contribution in [0.3, 0.4) is 0 Å². The molecule has 0 heterocycles. The molecule has 2 aromatic rings. The third-order valence-corrected chi connectivity index (χ3v) is 4.01. The van der Waals surface area contributed by atoms with Gasteiger partial charge in [0.15, 0.2) is 5.78 Å². The van der Waals surface area contributed by atoms with Gasteiger partial charge in [-0.05, 0) is 56.3 Å². The number of nitrogens with one attached hydrogen (secondary N) is 2. The Morgan fingerprint density at radius 2 is 1.58 bits per heavy atom. The molecular weight excluding hydrogens is 375 g/mol. The first kappa shape index (κ1) is 19.7. The molecule has 26 heavy (non-hydrogen) atoms. The lowest BCUT2D eigenvalue weighted by Crippen LogP contribution is -2.16. The van der Waals surface area contributed by atoms with E-state index in [9.17, 15) is 14.4 Å². The molecule has 2 rings (SSSR count). The summed E-state index contributed by atoms with van der Waals surface area (Å²) in [6.45, 7) is 2.98. The number of ketones is 1. The van der Waals surface area contributed by atoms with Crippen LogP contribution < -0.4 is 10.6 Å². The Kier molecular flexibility index (Phi) is 6.55. The summed E-state index contributed by atoms with van der Waals surface area (Å²) in [4.78, 5) is 35.5. The van der Waals surface area contributed by atoms with Crippen molar-refractivity contribution < 1.29 is 14.4 Å². The quantitative estimate of drug-likeness (QED) is 0.572. The topological polar surface area (TPSA) is 75.3 Å².